The van der Waals surface area contributed by atoms with Crippen LogP contribution in [0.2, 0.25) is 0 Å². The highest BCUT2D eigenvalue weighted by molar-refractivity contribution is 5.64. The molecule has 0 N–H and O–H groups in total. The molecule has 0 radical (unpaired) electrons. The summed E-state index contributed by atoms with van der Waals surface area (Å²) in [5.41, 5.74) is 17.8. The van der Waals surface area contributed by atoms with Crippen molar-refractivity contribution >= 4 is 0 Å². The zero-order valence-corrected chi connectivity index (χ0v) is 46.6. The molecule has 4 aromatic carbocycles. The summed E-state index contributed by atoms with van der Waals surface area (Å²) in [6.45, 7) is 18.2. The Hall–Kier alpha value is -6.52. The van der Waals surface area contributed by atoms with Gasteiger partial charge >= 0.3 is 0 Å². The molecule has 0 fully saturated rings. The number of hydrogen-bond acceptors (Lipinski definition) is 0. The molecule has 0 bridgehead atoms. The minimum Gasteiger partial charge on any atom is -0.201 e. The third-order valence-corrected chi connectivity index (χ3v) is 13.1. The molecule has 0 amide bonds. The predicted molar refractivity (Wildman–Crippen MR) is 338 cm³/mol. The Morgan fingerprint density at radius 2 is 0.649 bits per heavy atom. The molecule has 0 unspecified atom stereocenters. The number of hydrogen-bond donors (Lipinski definition) is 0. The second-order valence-corrected chi connectivity index (χ2v) is 20.0. The van der Waals surface area contributed by atoms with Crippen LogP contribution in [0.3, 0.4) is 0 Å². The van der Waals surface area contributed by atoms with Crippen molar-refractivity contribution in [1.29, 1.82) is 0 Å². The van der Waals surface area contributed by atoms with Crippen molar-refractivity contribution in [1.82, 2.24) is 0 Å². The molecule has 4 heteroatoms. The molecule has 77 heavy (non-hydrogen) atoms. The third-order valence-electron chi connectivity index (χ3n) is 13.1. The van der Waals surface area contributed by atoms with Gasteiger partial charge < -0.3 is 0 Å². The van der Waals surface area contributed by atoms with Gasteiger partial charge in [-0.3, -0.25) is 0 Å². The molecule has 8 aromatic rings. The van der Waals surface area contributed by atoms with E-state index in [1.165, 1.54) is 18.1 Å². The average Bonchev–Trinajstić information content (AvgIpc) is 0.835. The van der Waals surface area contributed by atoms with E-state index in [1.54, 1.807) is 48.8 Å². The van der Waals surface area contributed by atoms with E-state index in [4.69, 9.17) is 20.6 Å². The lowest BCUT2D eigenvalue weighted by atomic mass is 9.95. The Labute approximate surface area is 493 Å². The van der Waals surface area contributed by atoms with Gasteiger partial charge in [-0.05, 0) is 160 Å². The summed E-state index contributed by atoms with van der Waals surface area (Å²) >= 11 is 0. The molecule has 0 saturated carbocycles. The van der Waals surface area contributed by atoms with E-state index in [9.17, 15) is 0 Å². The first-order valence-corrected chi connectivity index (χ1v) is 25.0. The van der Waals surface area contributed by atoms with Crippen LogP contribution in [0.4, 0.5) is 0 Å². The van der Waals surface area contributed by atoms with Crippen LogP contribution in [0.5, 0.6) is 0 Å². The number of rotatable bonds is 9. The summed E-state index contributed by atoms with van der Waals surface area (Å²) in [6.07, 6.45) is 6.02. The fourth-order valence-electron chi connectivity index (χ4n) is 8.71. The second kappa shape index (κ2) is 31.0. The molecule has 0 spiro atoms. The van der Waals surface area contributed by atoms with Crippen molar-refractivity contribution in [2.24, 2.45) is 28.2 Å². The summed E-state index contributed by atoms with van der Waals surface area (Å²) in [4.78, 5) is 0. The van der Waals surface area contributed by atoms with Gasteiger partial charge in [0.2, 0.25) is 22.8 Å². The van der Waals surface area contributed by atoms with Crippen molar-refractivity contribution in [2.75, 3.05) is 0 Å². The fraction of sp³-hybridized carbons (Fsp3) is 0.397. The smallest absolute Gasteiger partial charge is 0.201 e. The number of pyridine rings is 4. The molecule has 0 saturated heterocycles. The lowest BCUT2D eigenvalue weighted by Crippen LogP contribution is -2.31. The van der Waals surface area contributed by atoms with E-state index in [2.05, 4.69) is 29.7 Å². The summed E-state index contributed by atoms with van der Waals surface area (Å²) in [7, 11) is 7.68. The van der Waals surface area contributed by atoms with Gasteiger partial charge in [-0.25, -0.2) is 18.3 Å². The van der Waals surface area contributed by atoms with Gasteiger partial charge in [0.05, 0.1) is 0 Å². The van der Waals surface area contributed by atoms with Gasteiger partial charge in [0.25, 0.3) is 0 Å². The Morgan fingerprint density at radius 3 is 0.935 bits per heavy atom. The van der Waals surface area contributed by atoms with Gasteiger partial charge in [-0.2, -0.15) is 0 Å². The van der Waals surface area contributed by atoms with Crippen LogP contribution in [0, 0.1) is 48.3 Å². The van der Waals surface area contributed by atoms with E-state index in [1.807, 2.05) is 197 Å². The molecular weight excluding hydrogens is 933 g/mol. The molecule has 4 nitrogen and oxygen atoms in total. The van der Waals surface area contributed by atoms with Gasteiger partial charge in [0.15, 0.2) is 24.8 Å². The van der Waals surface area contributed by atoms with E-state index in [0.717, 1.165) is 78.4 Å². The average molecular weight is 1050 g/mol. The zero-order valence-electron chi connectivity index (χ0n) is 61.6. The molecule has 414 valence electrons. The summed E-state index contributed by atoms with van der Waals surface area (Å²) in [5.74, 6) is -2.44. The van der Waals surface area contributed by atoms with E-state index in [-0.39, 0.29) is 29.7 Å². The van der Waals surface area contributed by atoms with Gasteiger partial charge in [-0.1, -0.05) is 152 Å². The van der Waals surface area contributed by atoms with Gasteiger partial charge in [0.1, 0.15) is 28.2 Å². The topological polar surface area (TPSA) is 15.5 Å². The standard InChI is InChI=1S/C19H26N.2C17H22N.C16H20N.4CH4/c1-13(2)16-7-9-18(15(5)11-16)19-10-8-17(14(3)4)12-20(19)6;1-12(2)15-7-8-16(14(4)10-15)17-9-6-13(3)11-18(17)5;1-12(2)15-7-9-17(18(5)11-15)16-8-6-13(3)10-14(16)4;1-5-14-7-9-16(17(4)11-14)15-8-6-12(2)10-13(15)3;;;;/h7-14H,1-6H3;2*6-12H,1-5H3;6-11H,5H2,1-4H3;4*1H4/q4*+1;;;;/i13D,14D;2*3D3,12D;2D3,5D2;;;;. The monoisotopic (exact) mass is 1050 g/mol. The number of aryl methyl sites for hydroxylation is 12. The van der Waals surface area contributed by atoms with E-state index in [0.29, 0.717) is 22.3 Å². The van der Waals surface area contributed by atoms with Gasteiger partial charge in [0, 0.05) is 89.3 Å². The highest BCUT2D eigenvalue weighted by Gasteiger charge is 2.18. The molecule has 0 atom stereocenters. The first kappa shape index (κ1) is 46.6. The Kier molecular flexibility index (Phi) is 18.8. The Bertz CT molecular complexity index is 3030. The van der Waals surface area contributed by atoms with Crippen molar-refractivity contribution in [3.8, 4) is 45.0 Å². The Morgan fingerprint density at radius 1 is 0.364 bits per heavy atom. The lowest BCUT2D eigenvalue weighted by Gasteiger charge is -2.11. The van der Waals surface area contributed by atoms with Gasteiger partial charge in [-0.15, -0.1) is 0 Å². The minimum absolute atomic E-state index is 0. The maximum Gasteiger partial charge on any atom is 0.212 e. The number of benzene rings is 4. The zero-order chi connectivity index (χ0) is 66.8. The van der Waals surface area contributed by atoms with E-state index < -0.39 is 50.5 Å². The van der Waals surface area contributed by atoms with Crippen LogP contribution in [0.1, 0.15) is 203 Å². The predicted octanol–water partition coefficient (Wildman–Crippen LogP) is 18.5. The largest absolute Gasteiger partial charge is 0.212 e. The minimum atomic E-state index is -2.10. The van der Waals surface area contributed by atoms with Crippen molar-refractivity contribution < 1.29 is 38.8 Å². The van der Waals surface area contributed by atoms with Crippen LogP contribution in [0.15, 0.2) is 146 Å². The van der Waals surface area contributed by atoms with Crippen LogP contribution in [-0.2, 0) is 34.6 Å². The molecule has 4 aromatic heterocycles. The van der Waals surface area contributed by atoms with Crippen molar-refractivity contribution in [3.05, 3.63) is 213 Å². The second-order valence-electron chi connectivity index (χ2n) is 20.0. The van der Waals surface area contributed by atoms with Crippen LogP contribution < -0.4 is 18.3 Å². The highest BCUT2D eigenvalue weighted by atomic mass is 14.9. The molecule has 0 aliphatic rings. The number of aromatic nitrogens is 4. The molecule has 4 heterocycles. The Balaban J connectivity index is 0.000000605. The lowest BCUT2D eigenvalue weighted by molar-refractivity contribution is -0.661. The molecular formula is C73H106N4+4. The summed E-state index contributed by atoms with van der Waals surface area (Å²) < 4.78 is 123. The van der Waals surface area contributed by atoms with Crippen molar-refractivity contribution in [3.63, 3.8) is 0 Å². The summed E-state index contributed by atoms with van der Waals surface area (Å²) in [6, 6.07) is 37.8. The first-order valence-electron chi connectivity index (χ1n) is 32.5. The third kappa shape index (κ3) is 18.3. The molecule has 0 aliphatic heterocycles. The SMILES string of the molecule is C.C.C.C.[2H]C(C)(C)c1ccc(-c2ccc(C([2H])(C)C)c[n+]2C)c(C)c1.[2H]C([2H])([2H])c1ccc(-c2ccc(C([2H])(C)C)c[n+]2C)c(C)c1.[2H]C([2H])([2H])c1ccc(-c2ccc(C([2H])(C)C)cc2C)[n+](C)c1.[2H]C([2H])([2H])c1ccc(-c2ccc(C([2H])([2H])C)c[n+]2C)c(C)c1. The molecule has 8 rings (SSSR count). The van der Waals surface area contributed by atoms with Crippen molar-refractivity contribution in [2.45, 2.75) is 170 Å². The maximum absolute atomic E-state index is 8.16. The normalized spacial score (nSPS) is 14.5. The van der Waals surface area contributed by atoms with Crippen LogP contribution >= 0.6 is 0 Å². The van der Waals surface area contributed by atoms with E-state index >= 15 is 0 Å². The van der Waals surface area contributed by atoms with Crippen LogP contribution in [0.25, 0.3) is 45.0 Å². The highest BCUT2D eigenvalue weighted by Crippen LogP contribution is 2.28. The fourth-order valence-corrected chi connectivity index (χ4v) is 8.71. The molecule has 0 aliphatic carbocycles. The quantitative estimate of drug-likeness (QED) is 0.128. The summed E-state index contributed by atoms with van der Waals surface area (Å²) in [5, 5.41) is 0. The maximum atomic E-state index is 8.16. The first-order chi connectivity index (χ1) is 40.0. The number of nitrogens with zero attached hydrogens (tertiary/aromatic N) is 4. The van der Waals surface area contributed by atoms with Crippen LogP contribution in [-0.4, -0.2) is 0 Å².